The van der Waals surface area contributed by atoms with Crippen molar-refractivity contribution < 1.29 is 9.59 Å². The molecule has 3 amide bonds. The van der Waals surface area contributed by atoms with Gasteiger partial charge in [0.15, 0.2) is 11.6 Å². The number of nitrogens with one attached hydrogen (secondary N) is 1. The molecule has 1 aromatic carbocycles. The fraction of sp³-hybridized carbons (Fsp3) is 0.478. The van der Waals surface area contributed by atoms with E-state index >= 15 is 0 Å². The number of fused-ring (bicyclic) bond motifs is 2. The number of para-hydroxylation sites is 1. The van der Waals surface area contributed by atoms with E-state index < -0.39 is 0 Å². The minimum atomic E-state index is -0.0617. The Labute approximate surface area is 187 Å². The molecule has 1 unspecified atom stereocenters. The first-order valence-electron chi connectivity index (χ1n) is 11.3. The summed E-state index contributed by atoms with van der Waals surface area (Å²) in [5.41, 5.74) is 2.06. The average Bonchev–Trinajstić information content (AvgIpc) is 3.42. The Morgan fingerprint density at radius 2 is 1.97 bits per heavy atom. The number of likely N-dealkylation sites (tertiary alicyclic amines) is 1. The summed E-state index contributed by atoms with van der Waals surface area (Å²) in [4.78, 5) is 34.4. The maximum atomic E-state index is 13.0. The number of urea groups is 1. The zero-order valence-corrected chi connectivity index (χ0v) is 18.6. The third-order valence-corrected chi connectivity index (χ3v) is 6.58. The van der Waals surface area contributed by atoms with Crippen molar-refractivity contribution in [2.24, 2.45) is 0 Å². The predicted molar refractivity (Wildman–Crippen MR) is 120 cm³/mol. The summed E-state index contributed by atoms with van der Waals surface area (Å²) in [6.07, 6.45) is 5.25. The Balaban J connectivity index is 1.32. The highest BCUT2D eigenvalue weighted by atomic mass is 16.2. The number of carbonyl (C=O) groups is 2. The topological polar surface area (TPSA) is 90.4 Å². The molecule has 0 saturated carbocycles. The number of H-pyrrole nitrogens is 1. The van der Waals surface area contributed by atoms with Gasteiger partial charge in [-0.3, -0.25) is 4.79 Å². The molecule has 0 spiro atoms. The number of piperidine rings is 1. The number of hydrogen-bond acceptors (Lipinski definition) is 4. The SMILES string of the molecule is CN(C)C(=O)N1CCCCC1c1nnc2n1CCN(C(=O)Cc1c[nH]c3ccccc13)C2. The van der Waals surface area contributed by atoms with Gasteiger partial charge in [0.2, 0.25) is 5.91 Å². The Morgan fingerprint density at radius 3 is 2.81 bits per heavy atom. The molecule has 2 aliphatic rings. The Bertz CT molecular complexity index is 1150. The third-order valence-electron chi connectivity index (χ3n) is 6.58. The monoisotopic (exact) mass is 435 g/mol. The summed E-state index contributed by atoms with van der Waals surface area (Å²) in [7, 11) is 3.56. The van der Waals surface area contributed by atoms with Gasteiger partial charge in [0.25, 0.3) is 0 Å². The highest BCUT2D eigenvalue weighted by molar-refractivity contribution is 5.88. The van der Waals surface area contributed by atoms with Gasteiger partial charge in [0.05, 0.1) is 19.0 Å². The van der Waals surface area contributed by atoms with Crippen molar-refractivity contribution in [3.63, 3.8) is 0 Å². The van der Waals surface area contributed by atoms with Crippen LogP contribution in [-0.4, -0.2) is 73.6 Å². The number of carbonyl (C=O) groups excluding carboxylic acids is 2. The van der Waals surface area contributed by atoms with Crippen LogP contribution in [0, 0.1) is 0 Å². The molecule has 9 heteroatoms. The molecule has 1 fully saturated rings. The second-order valence-electron chi connectivity index (χ2n) is 8.86. The number of aromatic nitrogens is 4. The minimum Gasteiger partial charge on any atom is -0.361 e. The van der Waals surface area contributed by atoms with Gasteiger partial charge in [-0.25, -0.2) is 4.79 Å². The normalized spacial score (nSPS) is 18.6. The van der Waals surface area contributed by atoms with Crippen LogP contribution in [0.1, 0.15) is 42.5 Å². The molecule has 5 rings (SSSR count). The lowest BCUT2D eigenvalue weighted by Crippen LogP contribution is -2.45. The van der Waals surface area contributed by atoms with Crippen LogP contribution in [0.25, 0.3) is 10.9 Å². The standard InChI is InChI=1S/C23H29N7O2/c1-27(2)23(32)29-10-6-5-9-19(29)22-26-25-20-15-28(11-12-30(20)22)21(31)13-16-14-24-18-8-4-3-7-17(16)18/h3-4,7-8,14,19,24H,5-6,9-13,15H2,1-2H3. The molecule has 168 valence electrons. The van der Waals surface area contributed by atoms with Crippen molar-refractivity contribution in [1.82, 2.24) is 34.4 Å². The maximum Gasteiger partial charge on any atom is 0.320 e. The fourth-order valence-corrected chi connectivity index (χ4v) is 4.88. The van der Waals surface area contributed by atoms with Crippen LogP contribution in [0.5, 0.6) is 0 Å². The zero-order valence-electron chi connectivity index (χ0n) is 18.6. The second-order valence-corrected chi connectivity index (χ2v) is 8.86. The van der Waals surface area contributed by atoms with E-state index in [0.717, 1.165) is 53.9 Å². The van der Waals surface area contributed by atoms with Crippen LogP contribution in [0.15, 0.2) is 30.5 Å². The van der Waals surface area contributed by atoms with Crippen molar-refractivity contribution in [3.05, 3.63) is 47.7 Å². The number of amides is 3. The van der Waals surface area contributed by atoms with Gasteiger partial charge in [-0.1, -0.05) is 18.2 Å². The molecule has 1 saturated heterocycles. The Morgan fingerprint density at radius 1 is 1.12 bits per heavy atom. The summed E-state index contributed by atoms with van der Waals surface area (Å²) in [5.74, 6) is 1.73. The molecule has 9 nitrogen and oxygen atoms in total. The molecule has 0 radical (unpaired) electrons. The van der Waals surface area contributed by atoms with Crippen LogP contribution < -0.4 is 0 Å². The molecule has 4 heterocycles. The minimum absolute atomic E-state index is 0.0124. The molecule has 2 aliphatic heterocycles. The first kappa shape index (κ1) is 20.5. The van der Waals surface area contributed by atoms with E-state index in [4.69, 9.17) is 0 Å². The summed E-state index contributed by atoms with van der Waals surface area (Å²) < 4.78 is 2.11. The van der Waals surface area contributed by atoms with Crippen LogP contribution in [0.3, 0.4) is 0 Å². The van der Waals surface area contributed by atoms with Crippen molar-refractivity contribution in [3.8, 4) is 0 Å². The van der Waals surface area contributed by atoms with Gasteiger partial charge in [-0.2, -0.15) is 0 Å². The lowest BCUT2D eigenvalue weighted by Gasteiger charge is -2.37. The number of hydrogen-bond donors (Lipinski definition) is 1. The number of aromatic amines is 1. The van der Waals surface area contributed by atoms with E-state index in [2.05, 4.69) is 19.7 Å². The van der Waals surface area contributed by atoms with Crippen LogP contribution in [0.2, 0.25) is 0 Å². The average molecular weight is 436 g/mol. The first-order valence-corrected chi connectivity index (χ1v) is 11.3. The van der Waals surface area contributed by atoms with Gasteiger partial charge in [-0.15, -0.1) is 10.2 Å². The molecule has 2 aromatic heterocycles. The van der Waals surface area contributed by atoms with Crippen LogP contribution in [-0.2, 0) is 24.3 Å². The number of rotatable bonds is 3. The summed E-state index contributed by atoms with van der Waals surface area (Å²) >= 11 is 0. The van der Waals surface area contributed by atoms with Crippen molar-refractivity contribution in [1.29, 1.82) is 0 Å². The fourth-order valence-electron chi connectivity index (χ4n) is 4.88. The van der Waals surface area contributed by atoms with Gasteiger partial charge >= 0.3 is 6.03 Å². The van der Waals surface area contributed by atoms with Gasteiger partial charge < -0.3 is 24.3 Å². The molecule has 3 aromatic rings. The first-order chi connectivity index (χ1) is 15.5. The van der Waals surface area contributed by atoms with Crippen molar-refractivity contribution >= 4 is 22.8 Å². The Kier molecular flexibility index (Phi) is 5.32. The van der Waals surface area contributed by atoms with E-state index in [9.17, 15) is 9.59 Å². The molecular formula is C23H29N7O2. The molecule has 32 heavy (non-hydrogen) atoms. The van der Waals surface area contributed by atoms with Crippen LogP contribution in [0.4, 0.5) is 4.79 Å². The van der Waals surface area contributed by atoms with E-state index in [0.29, 0.717) is 26.1 Å². The van der Waals surface area contributed by atoms with Crippen LogP contribution >= 0.6 is 0 Å². The third kappa shape index (κ3) is 3.61. The van der Waals surface area contributed by atoms with Gasteiger partial charge in [0, 0.05) is 50.8 Å². The van der Waals surface area contributed by atoms with Crippen molar-refractivity contribution in [2.75, 3.05) is 27.2 Å². The molecular weight excluding hydrogens is 406 g/mol. The molecule has 1 atom stereocenters. The largest absolute Gasteiger partial charge is 0.361 e. The second kappa shape index (κ2) is 8.29. The quantitative estimate of drug-likeness (QED) is 0.685. The van der Waals surface area contributed by atoms with E-state index in [-0.39, 0.29) is 18.0 Å². The molecule has 0 aliphatic carbocycles. The van der Waals surface area contributed by atoms with Crippen molar-refractivity contribution in [2.45, 2.75) is 44.8 Å². The zero-order chi connectivity index (χ0) is 22.2. The summed E-state index contributed by atoms with van der Waals surface area (Å²) in [6, 6.07) is 7.98. The van der Waals surface area contributed by atoms with Gasteiger partial charge in [0.1, 0.15) is 0 Å². The molecule has 1 N–H and O–H groups in total. The molecule has 0 bridgehead atoms. The van der Waals surface area contributed by atoms with E-state index in [1.807, 2.05) is 40.3 Å². The Hall–Kier alpha value is -3.36. The van der Waals surface area contributed by atoms with E-state index in [1.54, 1.807) is 19.0 Å². The summed E-state index contributed by atoms with van der Waals surface area (Å²) in [5, 5.41) is 9.98. The maximum absolute atomic E-state index is 13.0. The number of nitrogens with zero attached hydrogens (tertiary/aromatic N) is 6. The van der Waals surface area contributed by atoms with E-state index in [1.165, 1.54) is 0 Å². The predicted octanol–water partition coefficient (Wildman–Crippen LogP) is 2.55. The lowest BCUT2D eigenvalue weighted by atomic mass is 10.0. The number of benzene rings is 1. The highest BCUT2D eigenvalue weighted by Crippen LogP contribution is 2.32. The smallest absolute Gasteiger partial charge is 0.320 e. The lowest BCUT2D eigenvalue weighted by molar-refractivity contribution is -0.132. The summed E-state index contributed by atoms with van der Waals surface area (Å²) in [6.45, 7) is 2.45. The van der Waals surface area contributed by atoms with Gasteiger partial charge in [-0.05, 0) is 30.9 Å². The highest BCUT2D eigenvalue weighted by Gasteiger charge is 2.35.